The second-order valence-corrected chi connectivity index (χ2v) is 8.17. The number of hydrogen-bond donors (Lipinski definition) is 0. The van der Waals surface area contributed by atoms with Gasteiger partial charge in [0.15, 0.2) is 0 Å². The first-order chi connectivity index (χ1) is 11.5. The van der Waals surface area contributed by atoms with Gasteiger partial charge in [-0.05, 0) is 36.8 Å². The van der Waals surface area contributed by atoms with Gasteiger partial charge in [-0.3, -0.25) is 4.68 Å². The summed E-state index contributed by atoms with van der Waals surface area (Å²) in [4.78, 5) is 0.267. The lowest BCUT2D eigenvalue weighted by atomic mass is 9.92. The van der Waals surface area contributed by atoms with Crippen LogP contribution in [0.1, 0.15) is 18.4 Å². The zero-order valence-corrected chi connectivity index (χ0v) is 14.9. The monoisotopic (exact) mass is 349 g/mol. The Morgan fingerprint density at radius 1 is 1.33 bits per heavy atom. The predicted molar refractivity (Wildman–Crippen MR) is 91.4 cm³/mol. The van der Waals surface area contributed by atoms with Gasteiger partial charge >= 0.3 is 0 Å². The number of nitrogens with zero attached hydrogens (tertiary/aromatic N) is 3. The summed E-state index contributed by atoms with van der Waals surface area (Å²) < 4.78 is 34.1. The summed E-state index contributed by atoms with van der Waals surface area (Å²) in [6.45, 7) is 1.11. The fourth-order valence-corrected chi connectivity index (χ4v) is 4.82. The third kappa shape index (κ3) is 3.47. The van der Waals surface area contributed by atoms with Crippen molar-refractivity contribution < 1.29 is 13.2 Å². The average molecular weight is 349 g/mol. The van der Waals surface area contributed by atoms with E-state index in [-0.39, 0.29) is 4.90 Å². The summed E-state index contributed by atoms with van der Waals surface area (Å²) in [5, 5.41) is 3.98. The Kier molecular flexibility index (Phi) is 4.91. The highest BCUT2D eigenvalue weighted by Crippen LogP contribution is 2.28. The maximum Gasteiger partial charge on any atom is 0.246 e. The van der Waals surface area contributed by atoms with E-state index in [4.69, 9.17) is 4.74 Å². The molecule has 1 aliphatic heterocycles. The molecule has 1 atom stereocenters. The third-order valence-corrected chi connectivity index (χ3v) is 6.32. The van der Waals surface area contributed by atoms with E-state index in [1.165, 1.54) is 10.9 Å². The number of aromatic nitrogens is 2. The van der Waals surface area contributed by atoms with E-state index in [2.05, 4.69) is 5.10 Å². The quantitative estimate of drug-likeness (QED) is 0.829. The van der Waals surface area contributed by atoms with Gasteiger partial charge in [0.25, 0.3) is 0 Å². The first-order valence-corrected chi connectivity index (χ1v) is 9.55. The van der Waals surface area contributed by atoms with Crippen LogP contribution in [0.2, 0.25) is 0 Å². The van der Waals surface area contributed by atoms with Crippen LogP contribution in [0.15, 0.2) is 41.6 Å². The number of piperidine rings is 1. The molecule has 1 aliphatic rings. The van der Waals surface area contributed by atoms with Crippen molar-refractivity contribution in [1.82, 2.24) is 14.1 Å². The third-order valence-electron chi connectivity index (χ3n) is 4.50. The Morgan fingerprint density at radius 2 is 2.12 bits per heavy atom. The number of rotatable bonds is 5. The second kappa shape index (κ2) is 6.94. The molecule has 0 unspecified atom stereocenters. The Hall–Kier alpha value is -1.86. The predicted octanol–water partition coefficient (Wildman–Crippen LogP) is 2.07. The van der Waals surface area contributed by atoms with Crippen LogP contribution in [0, 0.1) is 5.92 Å². The molecular formula is C17H23N3O3S. The van der Waals surface area contributed by atoms with E-state index < -0.39 is 10.0 Å². The largest absolute Gasteiger partial charge is 0.496 e. The Morgan fingerprint density at radius 3 is 2.83 bits per heavy atom. The molecule has 1 aromatic heterocycles. The maximum absolute atomic E-state index is 12.8. The van der Waals surface area contributed by atoms with Crippen LogP contribution in [-0.4, -0.2) is 42.7 Å². The van der Waals surface area contributed by atoms with Crippen molar-refractivity contribution in [2.75, 3.05) is 20.2 Å². The molecule has 130 valence electrons. The first kappa shape index (κ1) is 17.0. The minimum absolute atomic E-state index is 0.267. The lowest BCUT2D eigenvalue weighted by Crippen LogP contribution is -2.40. The molecule has 0 aliphatic carbocycles. The highest BCUT2D eigenvalue weighted by molar-refractivity contribution is 7.89. The van der Waals surface area contributed by atoms with Crippen molar-refractivity contribution in [2.24, 2.45) is 13.0 Å². The molecule has 3 rings (SSSR count). The summed E-state index contributed by atoms with van der Waals surface area (Å²) >= 11 is 0. The second-order valence-electron chi connectivity index (χ2n) is 6.24. The zero-order chi connectivity index (χ0) is 17.2. The molecule has 1 aromatic carbocycles. The minimum Gasteiger partial charge on any atom is -0.496 e. The molecule has 1 saturated heterocycles. The lowest BCUT2D eigenvalue weighted by molar-refractivity contribution is 0.263. The van der Waals surface area contributed by atoms with Gasteiger partial charge in [0, 0.05) is 26.3 Å². The van der Waals surface area contributed by atoms with Crippen molar-refractivity contribution in [2.45, 2.75) is 24.2 Å². The Bertz CT molecular complexity index is 801. The molecule has 0 bridgehead atoms. The van der Waals surface area contributed by atoms with Gasteiger partial charge in [0.2, 0.25) is 10.0 Å². The number of para-hydroxylation sites is 1. The molecule has 1 fully saturated rings. The van der Waals surface area contributed by atoms with Gasteiger partial charge in [-0.1, -0.05) is 18.2 Å². The zero-order valence-electron chi connectivity index (χ0n) is 14.1. The van der Waals surface area contributed by atoms with E-state index in [0.29, 0.717) is 19.0 Å². The standard InChI is InChI=1S/C17H23N3O3S/c1-19-13-16(11-18-19)24(21,22)20-9-5-6-14(12-20)10-15-7-3-4-8-17(15)23-2/h3-4,7-8,11,13-14H,5-6,9-10,12H2,1-2H3/t14-/m1/s1. The van der Waals surface area contributed by atoms with Gasteiger partial charge in [-0.15, -0.1) is 0 Å². The number of methoxy groups -OCH3 is 1. The Labute approximate surface area is 143 Å². The van der Waals surface area contributed by atoms with Gasteiger partial charge < -0.3 is 4.74 Å². The molecule has 2 aromatic rings. The maximum atomic E-state index is 12.8. The number of sulfonamides is 1. The molecule has 0 radical (unpaired) electrons. The van der Waals surface area contributed by atoms with Crippen LogP contribution in [0.25, 0.3) is 0 Å². The van der Waals surface area contributed by atoms with Crippen LogP contribution < -0.4 is 4.74 Å². The van der Waals surface area contributed by atoms with Gasteiger partial charge in [0.05, 0.1) is 13.3 Å². The number of aryl methyl sites for hydroxylation is 1. The van der Waals surface area contributed by atoms with Gasteiger partial charge in [-0.25, -0.2) is 8.42 Å². The summed E-state index contributed by atoms with van der Waals surface area (Å²) in [7, 11) is -0.0759. The highest BCUT2D eigenvalue weighted by atomic mass is 32.2. The van der Waals surface area contributed by atoms with Crippen LogP contribution in [-0.2, 0) is 23.5 Å². The minimum atomic E-state index is -3.46. The Balaban J connectivity index is 1.75. The summed E-state index contributed by atoms with van der Waals surface area (Å²) in [6.07, 6.45) is 5.69. The molecule has 6 nitrogen and oxygen atoms in total. The van der Waals surface area contributed by atoms with Crippen molar-refractivity contribution in [3.8, 4) is 5.75 Å². The van der Waals surface area contributed by atoms with Gasteiger partial charge in [-0.2, -0.15) is 9.40 Å². The molecule has 2 heterocycles. The smallest absolute Gasteiger partial charge is 0.246 e. The van der Waals surface area contributed by atoms with Crippen molar-refractivity contribution in [3.63, 3.8) is 0 Å². The van der Waals surface area contributed by atoms with Crippen LogP contribution in [0.4, 0.5) is 0 Å². The van der Waals surface area contributed by atoms with E-state index in [0.717, 1.165) is 30.6 Å². The first-order valence-electron chi connectivity index (χ1n) is 8.11. The van der Waals surface area contributed by atoms with Crippen LogP contribution in [0.3, 0.4) is 0 Å². The topological polar surface area (TPSA) is 64.4 Å². The molecule has 0 amide bonds. The summed E-state index contributed by atoms with van der Waals surface area (Å²) in [5.41, 5.74) is 1.13. The molecule has 24 heavy (non-hydrogen) atoms. The van der Waals surface area contributed by atoms with E-state index in [1.54, 1.807) is 24.7 Å². The molecular weight excluding hydrogens is 326 g/mol. The normalized spacial score (nSPS) is 19.3. The molecule has 0 spiro atoms. The van der Waals surface area contributed by atoms with Gasteiger partial charge in [0.1, 0.15) is 10.6 Å². The molecule has 0 N–H and O–H groups in total. The fourth-order valence-electron chi connectivity index (χ4n) is 3.28. The van der Waals surface area contributed by atoms with E-state index >= 15 is 0 Å². The van der Waals surface area contributed by atoms with Crippen molar-refractivity contribution >= 4 is 10.0 Å². The van der Waals surface area contributed by atoms with Crippen LogP contribution in [0.5, 0.6) is 5.75 Å². The number of benzene rings is 1. The average Bonchev–Trinajstić information content (AvgIpc) is 3.03. The molecule has 0 saturated carbocycles. The van der Waals surface area contributed by atoms with E-state index in [9.17, 15) is 8.42 Å². The fraction of sp³-hybridized carbons (Fsp3) is 0.471. The van der Waals surface area contributed by atoms with Crippen LogP contribution >= 0.6 is 0 Å². The number of hydrogen-bond acceptors (Lipinski definition) is 4. The summed E-state index contributed by atoms with van der Waals surface area (Å²) in [6, 6.07) is 7.93. The number of ether oxygens (including phenoxy) is 1. The summed E-state index contributed by atoms with van der Waals surface area (Å²) in [5.74, 6) is 1.16. The highest BCUT2D eigenvalue weighted by Gasteiger charge is 2.31. The van der Waals surface area contributed by atoms with E-state index in [1.807, 2.05) is 24.3 Å². The SMILES string of the molecule is COc1ccccc1C[C@H]1CCCN(S(=O)(=O)c2cnn(C)c2)C1. The van der Waals surface area contributed by atoms with Crippen molar-refractivity contribution in [3.05, 3.63) is 42.2 Å². The lowest BCUT2D eigenvalue weighted by Gasteiger charge is -2.31. The van der Waals surface area contributed by atoms with Crippen molar-refractivity contribution in [1.29, 1.82) is 0 Å². The molecule has 7 heteroatoms.